The Hall–Kier alpha value is -1.92. The van der Waals surface area contributed by atoms with Crippen molar-refractivity contribution in [1.82, 2.24) is 9.88 Å². The Morgan fingerprint density at radius 3 is 1.82 bits per heavy atom. The summed E-state index contributed by atoms with van der Waals surface area (Å²) in [6.45, 7) is 4.85. The van der Waals surface area contributed by atoms with E-state index in [2.05, 4.69) is 14.8 Å². The van der Waals surface area contributed by atoms with Gasteiger partial charge in [0.05, 0.1) is 5.02 Å². The first-order valence-electron chi connectivity index (χ1n) is 10.7. The van der Waals surface area contributed by atoms with Crippen molar-refractivity contribution in [2.45, 2.75) is 18.8 Å². The predicted octanol–water partition coefficient (Wildman–Crippen LogP) is 6.59. The van der Waals surface area contributed by atoms with Gasteiger partial charge in [0.15, 0.2) is 0 Å². The lowest BCUT2D eigenvalue weighted by molar-refractivity contribution is 0.251. The van der Waals surface area contributed by atoms with Gasteiger partial charge < -0.3 is 4.90 Å². The van der Waals surface area contributed by atoms with E-state index < -0.39 is 0 Å². The number of aromatic nitrogens is 1. The molecule has 2 aromatic carbocycles. The zero-order valence-corrected chi connectivity index (χ0v) is 20.6. The summed E-state index contributed by atoms with van der Waals surface area (Å²) in [5.41, 5.74) is 2.12. The van der Waals surface area contributed by atoms with Crippen LogP contribution in [0.1, 0.15) is 29.9 Å². The average molecular weight is 515 g/mol. The number of hydrogen-bond acceptors (Lipinski definition) is 3. The van der Waals surface area contributed by atoms with Crippen molar-refractivity contribution in [2.24, 2.45) is 0 Å². The smallest absolute Gasteiger partial charge is 0.128 e. The second-order valence-electron chi connectivity index (χ2n) is 7.96. The largest absolute Gasteiger partial charge is 0.354 e. The Kier molecular flexibility index (Phi) is 10.8. The number of halogens is 5. The summed E-state index contributed by atoms with van der Waals surface area (Å²) >= 11 is 5.93. The molecule has 0 radical (unpaired) electrons. The normalized spacial score (nSPS) is 14.0. The summed E-state index contributed by atoms with van der Waals surface area (Å²) in [7, 11) is 0. The van der Waals surface area contributed by atoms with Gasteiger partial charge in [0.2, 0.25) is 0 Å². The Bertz CT molecular complexity index is 916. The fraction of sp³-hybridized carbons (Fsp3) is 0.320. The number of benzene rings is 2. The molecular weight excluding hydrogens is 487 g/mol. The highest BCUT2D eigenvalue weighted by Crippen LogP contribution is 2.30. The highest BCUT2D eigenvalue weighted by atomic mass is 35.5. The zero-order valence-electron chi connectivity index (χ0n) is 18.2. The standard InChI is InChI=1S/C25H26ClF2N3.2ClH/c26-21-7-12-25(29-18-21)31-16-14-30(15-17-31)13-1-2-24(19-3-8-22(27)9-4-19)20-5-10-23(28)11-6-20;;/h3-12,18,24H,1-2,13-17H2;2*1H. The van der Waals surface area contributed by atoms with Crippen LogP contribution >= 0.6 is 36.4 Å². The number of nitrogens with zero attached hydrogens (tertiary/aromatic N) is 3. The maximum absolute atomic E-state index is 13.4. The Morgan fingerprint density at radius 2 is 1.33 bits per heavy atom. The van der Waals surface area contributed by atoms with E-state index in [0.717, 1.165) is 62.5 Å². The van der Waals surface area contributed by atoms with Crippen molar-refractivity contribution in [1.29, 1.82) is 0 Å². The van der Waals surface area contributed by atoms with Crippen LogP contribution in [0.15, 0.2) is 66.9 Å². The molecule has 1 aromatic heterocycles. The lowest BCUT2D eigenvalue weighted by atomic mass is 9.87. The van der Waals surface area contributed by atoms with Crippen molar-refractivity contribution in [3.05, 3.63) is 94.6 Å². The molecule has 4 rings (SSSR count). The topological polar surface area (TPSA) is 19.4 Å². The lowest BCUT2D eigenvalue weighted by Gasteiger charge is -2.35. The second-order valence-corrected chi connectivity index (χ2v) is 8.40. The molecule has 0 N–H and O–H groups in total. The minimum Gasteiger partial charge on any atom is -0.354 e. The Morgan fingerprint density at radius 1 is 0.788 bits per heavy atom. The van der Waals surface area contributed by atoms with Gasteiger partial charge in [0, 0.05) is 38.3 Å². The van der Waals surface area contributed by atoms with Gasteiger partial charge in [0.25, 0.3) is 0 Å². The third-order valence-corrected chi connectivity index (χ3v) is 6.14. The SMILES string of the molecule is Cl.Cl.Fc1ccc(C(CCCN2CCN(c3ccc(Cl)cn3)CC2)c2ccc(F)cc2)cc1. The van der Waals surface area contributed by atoms with Crippen molar-refractivity contribution in [3.8, 4) is 0 Å². The van der Waals surface area contributed by atoms with Crippen molar-refractivity contribution in [3.63, 3.8) is 0 Å². The molecule has 3 nitrogen and oxygen atoms in total. The molecule has 1 aliphatic heterocycles. The molecule has 3 aromatic rings. The fourth-order valence-corrected chi connectivity index (χ4v) is 4.30. The maximum Gasteiger partial charge on any atom is 0.128 e. The number of hydrogen-bond donors (Lipinski definition) is 0. The summed E-state index contributed by atoms with van der Waals surface area (Å²) in [6, 6.07) is 17.2. The molecule has 0 spiro atoms. The van der Waals surface area contributed by atoms with Crippen LogP contribution in [-0.4, -0.2) is 42.6 Å². The summed E-state index contributed by atoms with van der Waals surface area (Å²) in [4.78, 5) is 9.17. The van der Waals surface area contributed by atoms with Crippen LogP contribution in [0.2, 0.25) is 5.02 Å². The average Bonchev–Trinajstić information content (AvgIpc) is 2.79. The van der Waals surface area contributed by atoms with Crippen LogP contribution < -0.4 is 4.90 Å². The quantitative estimate of drug-likeness (QED) is 0.354. The first kappa shape index (κ1) is 27.3. The van der Waals surface area contributed by atoms with Gasteiger partial charge in [-0.05, 0) is 66.9 Å². The molecular formula is C25H28Cl3F2N3. The van der Waals surface area contributed by atoms with Crippen molar-refractivity contribution in [2.75, 3.05) is 37.6 Å². The van der Waals surface area contributed by atoms with Gasteiger partial charge >= 0.3 is 0 Å². The minimum absolute atomic E-state index is 0. The lowest BCUT2D eigenvalue weighted by Crippen LogP contribution is -2.46. The van der Waals surface area contributed by atoms with Crippen molar-refractivity contribution < 1.29 is 8.78 Å². The molecule has 2 heterocycles. The molecule has 1 fully saturated rings. The monoisotopic (exact) mass is 513 g/mol. The highest BCUT2D eigenvalue weighted by molar-refractivity contribution is 6.30. The number of piperazine rings is 1. The first-order valence-corrected chi connectivity index (χ1v) is 11.1. The summed E-state index contributed by atoms with van der Waals surface area (Å²) in [5.74, 6) is 0.613. The Balaban J connectivity index is 0.00000193. The summed E-state index contributed by atoms with van der Waals surface area (Å²) < 4.78 is 26.8. The molecule has 178 valence electrons. The van der Waals surface area contributed by atoms with E-state index in [1.54, 1.807) is 6.20 Å². The molecule has 1 saturated heterocycles. The van der Waals surface area contributed by atoms with E-state index in [4.69, 9.17) is 11.6 Å². The second kappa shape index (κ2) is 13.1. The van der Waals surface area contributed by atoms with Gasteiger partial charge in [-0.3, -0.25) is 4.90 Å². The van der Waals surface area contributed by atoms with Crippen LogP contribution in [-0.2, 0) is 0 Å². The molecule has 0 aliphatic carbocycles. The van der Waals surface area contributed by atoms with Gasteiger partial charge in [0.1, 0.15) is 17.5 Å². The summed E-state index contributed by atoms with van der Waals surface area (Å²) in [5, 5.41) is 0.652. The van der Waals surface area contributed by atoms with Crippen molar-refractivity contribution >= 4 is 42.2 Å². The fourth-order valence-electron chi connectivity index (χ4n) is 4.19. The van der Waals surface area contributed by atoms with Gasteiger partial charge in [-0.1, -0.05) is 35.9 Å². The molecule has 0 atom stereocenters. The third kappa shape index (κ3) is 7.54. The van der Waals surface area contributed by atoms with Crippen LogP contribution in [0.25, 0.3) is 0 Å². The molecule has 8 heteroatoms. The highest BCUT2D eigenvalue weighted by Gasteiger charge is 2.19. The molecule has 0 amide bonds. The zero-order chi connectivity index (χ0) is 21.6. The maximum atomic E-state index is 13.4. The van der Waals surface area contributed by atoms with Gasteiger partial charge in [-0.15, -0.1) is 24.8 Å². The molecule has 1 aliphatic rings. The number of rotatable bonds is 7. The summed E-state index contributed by atoms with van der Waals surface area (Å²) in [6.07, 6.45) is 3.63. The van der Waals surface area contributed by atoms with Crippen LogP contribution in [0, 0.1) is 11.6 Å². The van der Waals surface area contributed by atoms with Crippen LogP contribution in [0.3, 0.4) is 0 Å². The molecule has 33 heavy (non-hydrogen) atoms. The number of anilines is 1. The third-order valence-electron chi connectivity index (χ3n) is 5.92. The number of pyridine rings is 1. The Labute approximate surface area is 211 Å². The van der Waals surface area contributed by atoms with E-state index in [9.17, 15) is 8.78 Å². The first-order chi connectivity index (χ1) is 15.1. The van der Waals surface area contributed by atoms with Gasteiger partial charge in [-0.25, -0.2) is 13.8 Å². The van der Waals surface area contributed by atoms with E-state index in [1.807, 2.05) is 36.4 Å². The minimum atomic E-state index is -0.241. The van der Waals surface area contributed by atoms with E-state index in [-0.39, 0.29) is 42.4 Å². The van der Waals surface area contributed by atoms with E-state index in [0.29, 0.717) is 5.02 Å². The predicted molar refractivity (Wildman–Crippen MR) is 136 cm³/mol. The van der Waals surface area contributed by atoms with Crippen LogP contribution in [0.5, 0.6) is 0 Å². The molecule has 0 unspecified atom stereocenters. The van der Waals surface area contributed by atoms with E-state index >= 15 is 0 Å². The molecule has 0 saturated carbocycles. The molecule has 0 bridgehead atoms. The van der Waals surface area contributed by atoms with E-state index in [1.165, 1.54) is 24.3 Å². The van der Waals surface area contributed by atoms with Crippen LogP contribution in [0.4, 0.5) is 14.6 Å². The van der Waals surface area contributed by atoms with Gasteiger partial charge in [-0.2, -0.15) is 0 Å².